The molecule has 14 heteroatoms. The van der Waals surface area contributed by atoms with E-state index in [2.05, 4.69) is 20.5 Å². The number of aromatic hydroxyl groups is 1. The van der Waals surface area contributed by atoms with Gasteiger partial charge in [0.15, 0.2) is 5.75 Å². The summed E-state index contributed by atoms with van der Waals surface area (Å²) >= 11 is 0. The summed E-state index contributed by atoms with van der Waals surface area (Å²) in [6.07, 6.45) is 0. The predicted octanol–water partition coefficient (Wildman–Crippen LogP) is 7.06. The Balaban J connectivity index is 1.66. The van der Waals surface area contributed by atoms with E-state index in [1.165, 1.54) is 60.7 Å². The Morgan fingerprint density at radius 3 is 1.98 bits per heavy atom. The Kier molecular flexibility index (Phi) is 7.31. The van der Waals surface area contributed by atoms with Crippen LogP contribution in [-0.2, 0) is 10.1 Å². The maximum atomic E-state index is 12.2. The van der Waals surface area contributed by atoms with Crippen LogP contribution < -0.4 is 5.73 Å². The van der Waals surface area contributed by atoms with Crippen LogP contribution in [0.2, 0.25) is 0 Å². The highest BCUT2D eigenvalue weighted by molar-refractivity contribution is 7.86. The second kappa shape index (κ2) is 10.9. The third kappa shape index (κ3) is 5.72. The first kappa shape index (κ1) is 28.8. The number of nitrogen functional groups attached to an aromatic ring is 1. The van der Waals surface area contributed by atoms with Crippen LogP contribution in [0.25, 0.3) is 21.5 Å². The molecule has 0 heterocycles. The van der Waals surface area contributed by atoms with Crippen molar-refractivity contribution in [2.24, 2.45) is 20.5 Å². The molecule has 43 heavy (non-hydrogen) atoms. The highest BCUT2D eigenvalue weighted by Crippen LogP contribution is 2.43. The van der Waals surface area contributed by atoms with Crippen molar-refractivity contribution in [1.82, 2.24) is 0 Å². The van der Waals surface area contributed by atoms with E-state index in [-0.39, 0.29) is 44.3 Å². The lowest BCUT2D eigenvalue weighted by Crippen LogP contribution is -1.99. The van der Waals surface area contributed by atoms with Gasteiger partial charge < -0.3 is 21.1 Å². The van der Waals surface area contributed by atoms with E-state index in [0.717, 1.165) is 6.07 Å². The zero-order chi connectivity index (χ0) is 31.1. The summed E-state index contributed by atoms with van der Waals surface area (Å²) < 4.78 is 34.2. The molecular formula is C29H21N5O8S. The zero-order valence-electron chi connectivity index (χ0n) is 22.1. The first-order chi connectivity index (χ1) is 20.3. The summed E-state index contributed by atoms with van der Waals surface area (Å²) in [5.74, 6) is -2.93. The average molecular weight is 600 g/mol. The Morgan fingerprint density at radius 1 is 0.698 bits per heavy atom. The number of phenolic OH excluding ortho intramolecular Hbond substituents is 1. The minimum absolute atomic E-state index is 0.0113. The van der Waals surface area contributed by atoms with Gasteiger partial charge in [0.2, 0.25) is 0 Å². The van der Waals surface area contributed by atoms with Crippen LogP contribution in [0.15, 0.2) is 98.1 Å². The monoisotopic (exact) mass is 599 g/mol. The summed E-state index contributed by atoms with van der Waals surface area (Å²) in [5.41, 5.74) is 6.82. The average Bonchev–Trinajstić information content (AvgIpc) is 2.95. The second-order valence-electron chi connectivity index (χ2n) is 9.40. The van der Waals surface area contributed by atoms with Crippen molar-refractivity contribution in [2.45, 2.75) is 11.8 Å². The van der Waals surface area contributed by atoms with Gasteiger partial charge in [-0.15, -0.1) is 15.3 Å². The Morgan fingerprint density at radius 2 is 1.30 bits per heavy atom. The fourth-order valence-electron chi connectivity index (χ4n) is 4.34. The first-order valence-corrected chi connectivity index (χ1v) is 13.8. The van der Waals surface area contributed by atoms with Gasteiger partial charge in [-0.25, -0.2) is 9.59 Å². The van der Waals surface area contributed by atoms with Gasteiger partial charge in [-0.05, 0) is 72.5 Å². The number of aromatic carboxylic acids is 2. The van der Waals surface area contributed by atoms with E-state index in [4.69, 9.17) is 5.73 Å². The third-order valence-corrected chi connectivity index (χ3v) is 7.42. The number of anilines is 1. The van der Waals surface area contributed by atoms with E-state index >= 15 is 0 Å². The molecule has 5 aromatic rings. The lowest BCUT2D eigenvalue weighted by molar-refractivity contribution is 0.0686. The number of fused-ring (bicyclic) bond motifs is 2. The molecule has 13 nitrogen and oxygen atoms in total. The van der Waals surface area contributed by atoms with E-state index in [0.29, 0.717) is 16.6 Å². The van der Waals surface area contributed by atoms with Crippen LogP contribution >= 0.6 is 0 Å². The predicted molar refractivity (Wildman–Crippen MR) is 157 cm³/mol. The summed E-state index contributed by atoms with van der Waals surface area (Å²) in [5, 5.41) is 47.3. The van der Waals surface area contributed by atoms with Crippen LogP contribution in [0, 0.1) is 6.92 Å². The quantitative estimate of drug-likeness (QED) is 0.0731. The number of benzene rings is 5. The van der Waals surface area contributed by atoms with Gasteiger partial charge in [-0.2, -0.15) is 13.5 Å². The molecule has 216 valence electrons. The van der Waals surface area contributed by atoms with E-state index in [1.54, 1.807) is 13.0 Å². The number of aryl methyl sites for hydroxylation is 1. The first-order valence-electron chi connectivity index (χ1n) is 12.3. The number of nitrogens with zero attached hydrogens (tertiary/aromatic N) is 4. The van der Waals surface area contributed by atoms with Gasteiger partial charge in [-0.1, -0.05) is 18.2 Å². The molecule has 0 radical (unpaired) electrons. The van der Waals surface area contributed by atoms with E-state index in [1.807, 2.05) is 0 Å². The molecule has 0 aliphatic rings. The van der Waals surface area contributed by atoms with Crippen molar-refractivity contribution in [1.29, 1.82) is 0 Å². The van der Waals surface area contributed by atoms with Crippen molar-refractivity contribution in [3.63, 3.8) is 0 Å². The molecule has 0 atom stereocenters. The van der Waals surface area contributed by atoms with Gasteiger partial charge in [0.05, 0.1) is 28.2 Å². The SMILES string of the molecule is Cc1ccc(C(=O)O)cc1N=Nc1ccc(N=Nc2c(S(=O)(=O)O)cc3ccc(N)cc3c2O)c2ccc(C(=O)O)cc12. The van der Waals surface area contributed by atoms with E-state index < -0.39 is 38.4 Å². The highest BCUT2D eigenvalue weighted by Gasteiger charge is 2.22. The summed E-state index contributed by atoms with van der Waals surface area (Å²) in [4.78, 5) is 22.4. The molecule has 0 saturated carbocycles. The van der Waals surface area contributed by atoms with Crippen LogP contribution in [0.5, 0.6) is 5.75 Å². The largest absolute Gasteiger partial charge is 0.505 e. The van der Waals surface area contributed by atoms with Crippen molar-refractivity contribution in [3.8, 4) is 5.75 Å². The van der Waals surface area contributed by atoms with Gasteiger partial charge >= 0.3 is 11.9 Å². The normalized spacial score (nSPS) is 12.0. The molecule has 0 aliphatic carbocycles. The molecule has 5 aromatic carbocycles. The molecule has 0 saturated heterocycles. The van der Waals surface area contributed by atoms with Gasteiger partial charge in [-0.3, -0.25) is 4.55 Å². The molecule has 0 aliphatic heterocycles. The summed E-state index contributed by atoms with van der Waals surface area (Å²) in [6.45, 7) is 1.72. The third-order valence-electron chi connectivity index (χ3n) is 6.55. The molecular weight excluding hydrogens is 578 g/mol. The van der Waals surface area contributed by atoms with Crippen molar-refractivity contribution < 1.29 is 37.9 Å². The number of carboxylic acid groups (broad SMARTS) is 2. The van der Waals surface area contributed by atoms with Gasteiger partial charge in [0.1, 0.15) is 10.6 Å². The Labute approximate surface area is 243 Å². The topological polar surface area (TPSA) is 225 Å². The van der Waals surface area contributed by atoms with Crippen molar-refractivity contribution in [3.05, 3.63) is 89.5 Å². The van der Waals surface area contributed by atoms with Crippen molar-refractivity contribution in [2.75, 3.05) is 5.73 Å². The highest BCUT2D eigenvalue weighted by atomic mass is 32.2. The lowest BCUT2D eigenvalue weighted by Gasteiger charge is -2.10. The van der Waals surface area contributed by atoms with Gasteiger partial charge in [0, 0.05) is 21.8 Å². The number of rotatable bonds is 7. The number of phenols is 1. The minimum Gasteiger partial charge on any atom is -0.505 e. The molecule has 0 amide bonds. The summed E-state index contributed by atoms with van der Waals surface area (Å²) in [6, 6.07) is 16.9. The molecule has 0 aromatic heterocycles. The maximum absolute atomic E-state index is 12.2. The number of hydrogen-bond acceptors (Lipinski definition) is 10. The minimum atomic E-state index is -4.85. The number of nitrogens with two attached hydrogens (primary N) is 1. The zero-order valence-corrected chi connectivity index (χ0v) is 22.9. The van der Waals surface area contributed by atoms with Crippen LogP contribution in [0.4, 0.5) is 28.4 Å². The number of hydrogen-bond donors (Lipinski definition) is 5. The fourth-order valence-corrected chi connectivity index (χ4v) is 5.00. The number of carbonyl (C=O) groups is 2. The standard InChI is InChI=1S/C29H21N5O8S/c1-14-2-3-17(29(38)39)11-24(14)33-31-23-9-8-22(19-7-5-16(28(36)37)10-21(19)23)32-34-26-25(43(40,41)42)12-15-4-6-18(30)13-20(15)27(26)35/h2-13,35H,30H2,1H3,(H,36,37)(H,38,39)(H,40,41,42). The van der Waals surface area contributed by atoms with Crippen LogP contribution in [0.1, 0.15) is 26.3 Å². The summed E-state index contributed by atoms with van der Waals surface area (Å²) in [7, 11) is -4.85. The molecule has 6 N–H and O–H groups in total. The van der Waals surface area contributed by atoms with E-state index in [9.17, 15) is 37.9 Å². The second-order valence-corrected chi connectivity index (χ2v) is 10.8. The van der Waals surface area contributed by atoms with Crippen LogP contribution in [-0.4, -0.2) is 40.2 Å². The molecule has 5 rings (SSSR count). The molecule has 0 spiro atoms. The lowest BCUT2D eigenvalue weighted by atomic mass is 10.0. The smallest absolute Gasteiger partial charge is 0.335 e. The number of carboxylic acids is 2. The number of azo groups is 2. The maximum Gasteiger partial charge on any atom is 0.335 e. The Hall–Kier alpha value is -5.73. The van der Waals surface area contributed by atoms with Gasteiger partial charge in [0.25, 0.3) is 10.1 Å². The fraction of sp³-hybridized carbons (Fsp3) is 0.0345. The van der Waals surface area contributed by atoms with Crippen molar-refractivity contribution >= 4 is 72.0 Å². The molecule has 0 unspecified atom stereocenters. The van der Waals surface area contributed by atoms with Crippen LogP contribution in [0.3, 0.4) is 0 Å². The Bertz CT molecular complexity index is 2160. The molecule has 0 bridgehead atoms. The molecule has 0 fully saturated rings.